The van der Waals surface area contributed by atoms with E-state index >= 15 is 0 Å². The minimum Gasteiger partial charge on any atom is -0.355 e. The fraction of sp³-hybridized carbons (Fsp3) is 0.733. The molecule has 1 aromatic rings. The van der Waals surface area contributed by atoms with Gasteiger partial charge in [-0.05, 0) is 19.9 Å². The van der Waals surface area contributed by atoms with E-state index in [0.29, 0.717) is 0 Å². The highest BCUT2D eigenvalue weighted by Gasteiger charge is 2.22. The highest BCUT2D eigenvalue weighted by Crippen LogP contribution is 2.24. The number of aryl methyl sites for hydroxylation is 2. The van der Waals surface area contributed by atoms with E-state index in [2.05, 4.69) is 29.2 Å². The average molecular weight is 293 g/mol. The largest absolute Gasteiger partial charge is 0.355 e. The number of aromatic nitrogens is 2. The van der Waals surface area contributed by atoms with Crippen molar-refractivity contribution in [3.8, 4) is 0 Å². The molecule has 0 bridgehead atoms. The first-order valence-electron chi connectivity index (χ1n) is 7.78. The van der Waals surface area contributed by atoms with E-state index in [0.717, 1.165) is 51.4 Å². The first kappa shape index (κ1) is 15.8. The molecule has 0 spiro atoms. The monoisotopic (exact) mass is 293 g/mol. The van der Waals surface area contributed by atoms with Crippen molar-refractivity contribution in [1.82, 2.24) is 20.0 Å². The van der Waals surface area contributed by atoms with Gasteiger partial charge in [0, 0.05) is 52.3 Å². The summed E-state index contributed by atoms with van der Waals surface area (Å²) < 4.78 is 1.98. The maximum absolute atomic E-state index is 11.6. The summed E-state index contributed by atoms with van der Waals surface area (Å²) in [7, 11) is 2.01. The van der Waals surface area contributed by atoms with Gasteiger partial charge in [0.15, 0.2) is 0 Å². The van der Waals surface area contributed by atoms with E-state index in [1.165, 1.54) is 11.4 Å². The van der Waals surface area contributed by atoms with Gasteiger partial charge in [-0.15, -0.1) is 0 Å². The molecule has 1 amide bonds. The Hall–Kier alpha value is -1.56. The second-order valence-corrected chi connectivity index (χ2v) is 5.64. The molecule has 21 heavy (non-hydrogen) atoms. The molecule has 0 unspecified atom stereocenters. The van der Waals surface area contributed by atoms with Crippen molar-refractivity contribution in [3.63, 3.8) is 0 Å². The number of nitrogens with zero attached hydrogens (tertiary/aromatic N) is 4. The number of nitrogens with one attached hydrogen (secondary N) is 1. The Kier molecular flexibility index (Phi) is 5.22. The predicted molar refractivity (Wildman–Crippen MR) is 84.4 cm³/mol. The van der Waals surface area contributed by atoms with Crippen LogP contribution in [0.25, 0.3) is 0 Å². The minimum atomic E-state index is 0.172. The van der Waals surface area contributed by atoms with Crippen LogP contribution in [0.1, 0.15) is 31.5 Å². The summed E-state index contributed by atoms with van der Waals surface area (Å²) in [5.41, 5.74) is 2.36. The molecule has 118 valence electrons. The Morgan fingerprint density at radius 3 is 2.71 bits per heavy atom. The van der Waals surface area contributed by atoms with Crippen LogP contribution in [0.5, 0.6) is 0 Å². The van der Waals surface area contributed by atoms with E-state index < -0.39 is 0 Å². The van der Waals surface area contributed by atoms with Gasteiger partial charge in [-0.2, -0.15) is 5.10 Å². The van der Waals surface area contributed by atoms with Crippen LogP contribution in [-0.2, 0) is 18.4 Å². The van der Waals surface area contributed by atoms with Gasteiger partial charge in [0.25, 0.3) is 0 Å². The summed E-state index contributed by atoms with van der Waals surface area (Å²) in [5.74, 6) is 1.37. The molecular formula is C15H27N5O. The summed E-state index contributed by atoms with van der Waals surface area (Å²) in [6.07, 6.45) is 1.00. The maximum atomic E-state index is 11.6. The van der Waals surface area contributed by atoms with Crippen molar-refractivity contribution in [2.75, 3.05) is 37.6 Å². The normalized spacial score (nSPS) is 16.2. The van der Waals surface area contributed by atoms with Gasteiger partial charge in [-0.25, -0.2) is 0 Å². The van der Waals surface area contributed by atoms with Crippen LogP contribution in [0.3, 0.4) is 0 Å². The molecule has 6 nitrogen and oxygen atoms in total. The predicted octanol–water partition coefficient (Wildman–Crippen LogP) is 0.897. The molecule has 6 heteroatoms. The second-order valence-electron chi connectivity index (χ2n) is 5.64. The molecule has 0 atom stereocenters. The molecule has 2 heterocycles. The van der Waals surface area contributed by atoms with Gasteiger partial charge in [-0.3, -0.25) is 9.48 Å². The Morgan fingerprint density at radius 1 is 1.29 bits per heavy atom. The van der Waals surface area contributed by atoms with Crippen LogP contribution < -0.4 is 10.2 Å². The summed E-state index contributed by atoms with van der Waals surface area (Å²) in [4.78, 5) is 15.9. The summed E-state index contributed by atoms with van der Waals surface area (Å²) in [5, 5.41) is 7.97. The average Bonchev–Trinajstić information content (AvgIpc) is 2.63. The number of hydrogen-bond donors (Lipinski definition) is 1. The number of rotatable bonds is 4. The molecule has 1 aromatic heterocycles. The van der Waals surface area contributed by atoms with Crippen LogP contribution >= 0.6 is 0 Å². The minimum absolute atomic E-state index is 0.172. The lowest BCUT2D eigenvalue weighted by atomic mass is 10.2. The van der Waals surface area contributed by atoms with Crippen LogP contribution in [0.4, 0.5) is 5.82 Å². The second kappa shape index (κ2) is 6.93. The number of carbonyl (C=O) groups is 1. The van der Waals surface area contributed by atoms with Crippen molar-refractivity contribution >= 4 is 11.7 Å². The molecular weight excluding hydrogens is 266 g/mol. The fourth-order valence-electron chi connectivity index (χ4n) is 2.99. The van der Waals surface area contributed by atoms with Gasteiger partial charge in [-0.1, -0.05) is 6.92 Å². The fourth-order valence-corrected chi connectivity index (χ4v) is 2.99. The van der Waals surface area contributed by atoms with Crippen molar-refractivity contribution in [2.24, 2.45) is 7.05 Å². The summed E-state index contributed by atoms with van der Waals surface area (Å²) >= 11 is 0. The third-order valence-electron chi connectivity index (χ3n) is 4.11. The highest BCUT2D eigenvalue weighted by molar-refractivity contribution is 5.73. The van der Waals surface area contributed by atoms with E-state index in [4.69, 9.17) is 0 Å². The highest BCUT2D eigenvalue weighted by atomic mass is 16.2. The first-order valence-corrected chi connectivity index (χ1v) is 7.78. The van der Waals surface area contributed by atoms with E-state index in [1.807, 2.05) is 16.6 Å². The molecule has 2 rings (SSSR count). The first-order chi connectivity index (χ1) is 10.0. The molecule has 1 N–H and O–H groups in total. The van der Waals surface area contributed by atoms with Gasteiger partial charge in [0.2, 0.25) is 5.91 Å². The SMILES string of the molecule is CCNCc1c(C)nn(C)c1N1CCCN(C(C)=O)CC1. The number of amides is 1. The van der Waals surface area contributed by atoms with E-state index in [1.54, 1.807) is 6.92 Å². The van der Waals surface area contributed by atoms with Crippen molar-refractivity contribution in [1.29, 1.82) is 0 Å². The Bertz CT molecular complexity index is 496. The molecule has 1 aliphatic heterocycles. The number of anilines is 1. The van der Waals surface area contributed by atoms with Crippen molar-refractivity contribution in [3.05, 3.63) is 11.3 Å². The Balaban J connectivity index is 2.19. The molecule has 1 fully saturated rings. The van der Waals surface area contributed by atoms with Gasteiger partial charge >= 0.3 is 0 Å². The Morgan fingerprint density at radius 2 is 2.05 bits per heavy atom. The lowest BCUT2D eigenvalue weighted by molar-refractivity contribution is -0.128. The standard InChI is InChI=1S/C15H27N5O/c1-5-16-11-14-12(2)17-18(4)15(14)20-8-6-7-19(9-10-20)13(3)21/h16H,5-11H2,1-4H3. The van der Waals surface area contributed by atoms with Gasteiger partial charge < -0.3 is 15.1 Å². The van der Waals surface area contributed by atoms with Crippen LogP contribution in [-0.4, -0.2) is 53.3 Å². The molecule has 0 radical (unpaired) electrons. The van der Waals surface area contributed by atoms with Crippen molar-refractivity contribution < 1.29 is 4.79 Å². The zero-order valence-electron chi connectivity index (χ0n) is 13.6. The van der Waals surface area contributed by atoms with Crippen molar-refractivity contribution in [2.45, 2.75) is 33.7 Å². The third-order valence-corrected chi connectivity index (χ3v) is 4.11. The lowest BCUT2D eigenvalue weighted by Gasteiger charge is -2.24. The van der Waals surface area contributed by atoms with Gasteiger partial charge in [0.1, 0.15) is 5.82 Å². The smallest absolute Gasteiger partial charge is 0.219 e. The number of hydrogen-bond acceptors (Lipinski definition) is 4. The van der Waals surface area contributed by atoms with Crippen LogP contribution in [0.2, 0.25) is 0 Å². The molecule has 0 saturated carbocycles. The summed E-state index contributed by atoms with van der Waals surface area (Å²) in [6.45, 7) is 11.1. The lowest BCUT2D eigenvalue weighted by Crippen LogP contribution is -2.34. The van der Waals surface area contributed by atoms with Gasteiger partial charge in [0.05, 0.1) is 5.69 Å². The summed E-state index contributed by atoms with van der Waals surface area (Å²) in [6, 6.07) is 0. The molecule has 0 aromatic carbocycles. The van der Waals surface area contributed by atoms with E-state index in [-0.39, 0.29) is 5.91 Å². The third kappa shape index (κ3) is 3.56. The zero-order valence-corrected chi connectivity index (χ0v) is 13.6. The molecule has 0 aliphatic carbocycles. The quantitative estimate of drug-likeness (QED) is 0.896. The molecule has 1 saturated heterocycles. The zero-order chi connectivity index (χ0) is 15.4. The molecule has 1 aliphatic rings. The van der Waals surface area contributed by atoms with E-state index in [9.17, 15) is 4.79 Å². The van der Waals surface area contributed by atoms with Crippen LogP contribution in [0, 0.1) is 6.92 Å². The maximum Gasteiger partial charge on any atom is 0.219 e. The number of carbonyl (C=O) groups excluding carboxylic acids is 1. The topological polar surface area (TPSA) is 53.4 Å². The van der Waals surface area contributed by atoms with Crippen LogP contribution in [0.15, 0.2) is 0 Å². The Labute approximate surface area is 127 Å².